The molecule has 0 aliphatic rings. The number of carbonyl (C=O) groups excluding carboxylic acids is 1. The topological polar surface area (TPSA) is 64.1 Å². The van der Waals surface area contributed by atoms with Crippen molar-refractivity contribution in [3.05, 3.63) is 23.8 Å². The van der Waals surface area contributed by atoms with Gasteiger partial charge in [0.1, 0.15) is 6.33 Å². The summed E-state index contributed by atoms with van der Waals surface area (Å²) in [6, 6.07) is 0. The summed E-state index contributed by atoms with van der Waals surface area (Å²) in [5, 5.41) is 2.85. The first-order valence-electron chi connectivity index (χ1n) is 6.00. The molecule has 18 heavy (non-hydrogen) atoms. The fraction of sp³-hybridized carbons (Fsp3) is 0.615. The Morgan fingerprint density at radius 2 is 2.17 bits per heavy atom. The van der Waals surface area contributed by atoms with Crippen LogP contribution >= 0.6 is 0 Å². The lowest BCUT2D eigenvalue weighted by atomic mass is 9.89. The quantitative estimate of drug-likeness (QED) is 0.859. The van der Waals surface area contributed by atoms with E-state index in [2.05, 4.69) is 36.1 Å². The molecule has 1 rings (SSSR count). The third kappa shape index (κ3) is 4.41. The van der Waals surface area contributed by atoms with Gasteiger partial charge in [0.2, 0.25) is 5.91 Å². The molecule has 0 aliphatic carbocycles. The number of ether oxygens (including phenoxy) is 1. The fourth-order valence-electron chi connectivity index (χ4n) is 1.64. The second-order valence-electron chi connectivity index (χ2n) is 5.17. The molecular weight excluding hydrogens is 230 g/mol. The van der Waals surface area contributed by atoms with Crippen LogP contribution in [0.5, 0.6) is 0 Å². The third-order valence-corrected chi connectivity index (χ3v) is 2.51. The first-order chi connectivity index (χ1) is 8.45. The molecule has 0 saturated carbocycles. The summed E-state index contributed by atoms with van der Waals surface area (Å²) in [4.78, 5) is 19.8. The minimum Gasteiger partial charge on any atom is -0.384 e. The molecule has 0 unspecified atom stereocenters. The van der Waals surface area contributed by atoms with E-state index in [4.69, 9.17) is 4.74 Å². The van der Waals surface area contributed by atoms with Crippen molar-refractivity contribution in [3.63, 3.8) is 0 Å². The van der Waals surface area contributed by atoms with E-state index in [-0.39, 0.29) is 11.3 Å². The fourth-order valence-corrected chi connectivity index (χ4v) is 1.64. The van der Waals surface area contributed by atoms with Crippen molar-refractivity contribution in [1.29, 1.82) is 0 Å². The Morgan fingerprint density at radius 3 is 2.78 bits per heavy atom. The summed E-state index contributed by atoms with van der Waals surface area (Å²) in [6.07, 6.45) is 3.66. The van der Waals surface area contributed by atoms with Gasteiger partial charge in [0, 0.05) is 37.3 Å². The lowest BCUT2D eigenvalue weighted by Gasteiger charge is -2.20. The van der Waals surface area contributed by atoms with Crippen LogP contribution in [0.25, 0.3) is 0 Å². The van der Waals surface area contributed by atoms with Gasteiger partial charge in [0.15, 0.2) is 0 Å². The van der Waals surface area contributed by atoms with Gasteiger partial charge in [-0.25, -0.2) is 9.97 Å². The van der Waals surface area contributed by atoms with E-state index in [1.807, 2.05) is 0 Å². The monoisotopic (exact) mass is 251 g/mol. The van der Waals surface area contributed by atoms with E-state index >= 15 is 0 Å². The predicted octanol–water partition coefficient (Wildman–Crippen LogP) is 1.43. The number of hydrogen-bond donors (Lipinski definition) is 1. The van der Waals surface area contributed by atoms with Gasteiger partial charge < -0.3 is 10.1 Å². The summed E-state index contributed by atoms with van der Waals surface area (Å²) in [6.45, 7) is 7.15. The lowest BCUT2D eigenvalue weighted by molar-refractivity contribution is -0.122. The summed E-state index contributed by atoms with van der Waals surface area (Å²) in [5.41, 5.74) is 1.86. The molecule has 0 bridgehead atoms. The summed E-state index contributed by atoms with van der Waals surface area (Å²) in [7, 11) is 1.58. The third-order valence-electron chi connectivity index (χ3n) is 2.51. The molecule has 100 valence electrons. The molecule has 1 aromatic rings. The van der Waals surface area contributed by atoms with E-state index < -0.39 is 0 Å². The largest absolute Gasteiger partial charge is 0.384 e. The number of carbonyl (C=O) groups is 1. The second-order valence-corrected chi connectivity index (χ2v) is 5.17. The molecule has 0 spiro atoms. The van der Waals surface area contributed by atoms with Crippen LogP contribution in [0.2, 0.25) is 0 Å². The number of nitrogens with one attached hydrogen (secondary N) is 1. The van der Waals surface area contributed by atoms with E-state index in [1.54, 1.807) is 13.3 Å². The summed E-state index contributed by atoms with van der Waals surface area (Å²) in [5.74, 6) is -0.0273. The van der Waals surface area contributed by atoms with Gasteiger partial charge in [-0.05, 0) is 0 Å². The van der Waals surface area contributed by atoms with Crippen molar-refractivity contribution < 1.29 is 9.53 Å². The van der Waals surface area contributed by atoms with Gasteiger partial charge in [-0.15, -0.1) is 0 Å². The van der Waals surface area contributed by atoms with Crippen molar-refractivity contribution in [2.75, 3.05) is 13.7 Å². The molecular formula is C13H21N3O2. The van der Waals surface area contributed by atoms with E-state index in [0.29, 0.717) is 19.6 Å². The number of hydrogen-bond acceptors (Lipinski definition) is 4. The van der Waals surface area contributed by atoms with Gasteiger partial charge in [0.05, 0.1) is 12.3 Å². The zero-order valence-corrected chi connectivity index (χ0v) is 11.5. The van der Waals surface area contributed by atoms with Crippen molar-refractivity contribution >= 4 is 5.91 Å². The molecule has 0 saturated heterocycles. The van der Waals surface area contributed by atoms with Gasteiger partial charge >= 0.3 is 0 Å². The summed E-state index contributed by atoms with van der Waals surface area (Å²) < 4.78 is 4.86. The van der Waals surface area contributed by atoms with Gasteiger partial charge in [0.25, 0.3) is 0 Å². The van der Waals surface area contributed by atoms with Gasteiger partial charge in [-0.2, -0.15) is 0 Å². The standard InChI is InChI=1S/C13H21N3O2/c1-13(2,3)12-10(7-14-9-16-12)8-15-11(17)5-6-18-4/h7,9H,5-6,8H2,1-4H3,(H,15,17). The zero-order chi connectivity index (χ0) is 13.6. The number of amides is 1. The lowest BCUT2D eigenvalue weighted by Crippen LogP contribution is -2.26. The molecule has 0 radical (unpaired) electrons. The van der Waals surface area contributed by atoms with Crippen molar-refractivity contribution in [2.24, 2.45) is 0 Å². The number of aromatic nitrogens is 2. The molecule has 1 N–H and O–H groups in total. The normalized spacial score (nSPS) is 11.3. The SMILES string of the molecule is COCCC(=O)NCc1cncnc1C(C)(C)C. The van der Waals surface area contributed by atoms with Crippen LogP contribution in [0.15, 0.2) is 12.5 Å². The Morgan fingerprint density at radius 1 is 1.44 bits per heavy atom. The van der Waals surface area contributed by atoms with Gasteiger partial charge in [-0.3, -0.25) is 4.79 Å². The molecule has 1 aromatic heterocycles. The highest BCUT2D eigenvalue weighted by Gasteiger charge is 2.19. The van der Waals surface area contributed by atoms with Crippen LogP contribution in [0, 0.1) is 0 Å². The minimum absolute atomic E-state index is 0.0273. The molecule has 0 aliphatic heterocycles. The molecule has 0 atom stereocenters. The van der Waals surface area contributed by atoms with Crippen LogP contribution < -0.4 is 5.32 Å². The highest BCUT2D eigenvalue weighted by atomic mass is 16.5. The Bertz CT molecular complexity index is 399. The maximum absolute atomic E-state index is 11.5. The van der Waals surface area contributed by atoms with Crippen LogP contribution in [-0.4, -0.2) is 29.6 Å². The molecule has 0 fully saturated rings. The average Bonchev–Trinajstić information content (AvgIpc) is 2.33. The van der Waals surface area contributed by atoms with E-state index in [1.165, 1.54) is 6.33 Å². The first kappa shape index (κ1) is 14.6. The van der Waals surface area contributed by atoms with E-state index in [0.717, 1.165) is 11.3 Å². The Hall–Kier alpha value is -1.49. The Balaban J connectivity index is 2.65. The molecule has 1 heterocycles. The Labute approximate surface area is 108 Å². The predicted molar refractivity (Wildman–Crippen MR) is 69.1 cm³/mol. The van der Waals surface area contributed by atoms with Crippen LogP contribution in [0.4, 0.5) is 0 Å². The smallest absolute Gasteiger partial charge is 0.222 e. The maximum Gasteiger partial charge on any atom is 0.222 e. The highest BCUT2D eigenvalue weighted by Crippen LogP contribution is 2.22. The second kappa shape index (κ2) is 6.44. The average molecular weight is 251 g/mol. The van der Waals surface area contributed by atoms with Crippen LogP contribution in [-0.2, 0) is 21.5 Å². The number of rotatable bonds is 5. The van der Waals surface area contributed by atoms with Crippen molar-refractivity contribution in [1.82, 2.24) is 15.3 Å². The van der Waals surface area contributed by atoms with Gasteiger partial charge in [-0.1, -0.05) is 20.8 Å². The zero-order valence-electron chi connectivity index (χ0n) is 11.5. The van der Waals surface area contributed by atoms with Crippen LogP contribution in [0.3, 0.4) is 0 Å². The highest BCUT2D eigenvalue weighted by molar-refractivity contribution is 5.75. The first-order valence-corrected chi connectivity index (χ1v) is 6.00. The summed E-state index contributed by atoms with van der Waals surface area (Å²) >= 11 is 0. The number of nitrogens with zero attached hydrogens (tertiary/aromatic N) is 2. The van der Waals surface area contributed by atoms with E-state index in [9.17, 15) is 4.79 Å². The van der Waals surface area contributed by atoms with Crippen LogP contribution in [0.1, 0.15) is 38.4 Å². The maximum atomic E-state index is 11.5. The molecule has 5 nitrogen and oxygen atoms in total. The molecule has 5 heteroatoms. The Kier molecular flexibility index (Phi) is 5.22. The molecule has 0 aromatic carbocycles. The van der Waals surface area contributed by atoms with Crippen molar-refractivity contribution in [3.8, 4) is 0 Å². The minimum atomic E-state index is -0.0600. The molecule has 1 amide bonds. The number of methoxy groups -OCH3 is 1. The van der Waals surface area contributed by atoms with Crippen molar-refractivity contribution in [2.45, 2.75) is 39.2 Å².